The molecule has 0 saturated carbocycles. The standard InChI is InChI=1S/C16H17N3O4/c1-23-13-4-2-11(3-5-13)9-18-10-12(8-17-18)19-14(16(21)22)6-7-15(19)20/h2-5,8,10,14H,6-7,9H2,1H3,(H,21,22)/t14-/m1/s1. The Hall–Kier alpha value is -2.83. The Labute approximate surface area is 133 Å². The largest absolute Gasteiger partial charge is 0.497 e. The van der Waals surface area contributed by atoms with Crippen LogP contribution in [0, 0.1) is 0 Å². The summed E-state index contributed by atoms with van der Waals surface area (Å²) in [7, 11) is 1.61. The van der Waals surface area contributed by atoms with E-state index in [1.165, 1.54) is 11.1 Å². The zero-order valence-electron chi connectivity index (χ0n) is 12.7. The van der Waals surface area contributed by atoms with E-state index in [0.717, 1.165) is 11.3 Å². The maximum atomic E-state index is 11.9. The van der Waals surface area contributed by atoms with Crippen LogP contribution < -0.4 is 9.64 Å². The first kappa shape index (κ1) is 15.1. The number of aromatic nitrogens is 2. The zero-order chi connectivity index (χ0) is 16.4. The fourth-order valence-electron chi connectivity index (χ4n) is 2.72. The number of benzene rings is 1. The molecule has 1 aliphatic heterocycles. The van der Waals surface area contributed by atoms with Gasteiger partial charge in [0, 0.05) is 12.6 Å². The van der Waals surface area contributed by atoms with Gasteiger partial charge in [-0.3, -0.25) is 14.4 Å². The molecule has 0 spiro atoms. The van der Waals surface area contributed by atoms with Gasteiger partial charge in [0.1, 0.15) is 11.8 Å². The molecule has 120 valence electrons. The van der Waals surface area contributed by atoms with Gasteiger partial charge < -0.3 is 9.84 Å². The molecular weight excluding hydrogens is 298 g/mol. The van der Waals surface area contributed by atoms with Crippen molar-refractivity contribution in [3.8, 4) is 5.75 Å². The lowest BCUT2D eigenvalue weighted by Crippen LogP contribution is -2.38. The summed E-state index contributed by atoms with van der Waals surface area (Å²) in [4.78, 5) is 24.5. The van der Waals surface area contributed by atoms with Crippen LogP contribution in [0.2, 0.25) is 0 Å². The first-order valence-corrected chi connectivity index (χ1v) is 7.29. The van der Waals surface area contributed by atoms with Crippen molar-refractivity contribution in [2.45, 2.75) is 25.4 Å². The van der Waals surface area contributed by atoms with Crippen molar-refractivity contribution in [1.29, 1.82) is 0 Å². The van der Waals surface area contributed by atoms with Crippen LogP contribution in [0.5, 0.6) is 5.75 Å². The summed E-state index contributed by atoms with van der Waals surface area (Å²) >= 11 is 0. The van der Waals surface area contributed by atoms with Gasteiger partial charge in [-0.1, -0.05) is 12.1 Å². The fraction of sp³-hybridized carbons (Fsp3) is 0.312. The summed E-state index contributed by atoms with van der Waals surface area (Å²) in [5.41, 5.74) is 1.55. The summed E-state index contributed by atoms with van der Waals surface area (Å²) < 4.78 is 6.80. The van der Waals surface area contributed by atoms with E-state index in [4.69, 9.17) is 4.74 Å². The van der Waals surface area contributed by atoms with Gasteiger partial charge in [0.2, 0.25) is 5.91 Å². The number of hydrogen-bond donors (Lipinski definition) is 1. The average molecular weight is 315 g/mol. The van der Waals surface area contributed by atoms with Crippen molar-refractivity contribution in [2.24, 2.45) is 0 Å². The van der Waals surface area contributed by atoms with E-state index in [-0.39, 0.29) is 12.3 Å². The van der Waals surface area contributed by atoms with E-state index in [0.29, 0.717) is 18.7 Å². The minimum absolute atomic E-state index is 0.179. The highest BCUT2D eigenvalue weighted by Crippen LogP contribution is 2.26. The molecule has 23 heavy (non-hydrogen) atoms. The van der Waals surface area contributed by atoms with E-state index in [2.05, 4.69) is 5.10 Å². The number of ether oxygens (including phenoxy) is 1. The van der Waals surface area contributed by atoms with Crippen molar-refractivity contribution in [3.05, 3.63) is 42.2 Å². The monoisotopic (exact) mass is 315 g/mol. The van der Waals surface area contributed by atoms with Gasteiger partial charge in [0.15, 0.2) is 0 Å². The highest BCUT2D eigenvalue weighted by Gasteiger charge is 2.37. The van der Waals surface area contributed by atoms with Gasteiger partial charge in [-0.15, -0.1) is 0 Å². The Kier molecular flexibility index (Phi) is 4.01. The summed E-state index contributed by atoms with van der Waals surface area (Å²) in [5, 5.41) is 13.4. The predicted octanol–water partition coefficient (Wildman–Crippen LogP) is 1.52. The smallest absolute Gasteiger partial charge is 0.326 e. The second kappa shape index (κ2) is 6.12. The third-order valence-corrected chi connectivity index (χ3v) is 3.90. The zero-order valence-corrected chi connectivity index (χ0v) is 12.7. The van der Waals surface area contributed by atoms with E-state index < -0.39 is 12.0 Å². The molecule has 0 bridgehead atoms. The first-order valence-electron chi connectivity index (χ1n) is 7.29. The summed E-state index contributed by atoms with van der Waals surface area (Å²) in [6, 6.07) is 6.79. The second-order valence-corrected chi connectivity index (χ2v) is 5.40. The number of nitrogens with zero attached hydrogens (tertiary/aromatic N) is 3. The molecule has 2 heterocycles. The molecule has 1 fully saturated rings. The molecular formula is C16H17N3O4. The van der Waals surface area contributed by atoms with Crippen molar-refractivity contribution in [3.63, 3.8) is 0 Å². The minimum Gasteiger partial charge on any atom is -0.497 e. The molecule has 1 aromatic heterocycles. The topological polar surface area (TPSA) is 84.7 Å². The van der Waals surface area contributed by atoms with Crippen LogP contribution in [0.25, 0.3) is 0 Å². The highest BCUT2D eigenvalue weighted by atomic mass is 16.5. The molecule has 1 aromatic carbocycles. The van der Waals surface area contributed by atoms with Crippen molar-refractivity contribution >= 4 is 17.6 Å². The molecule has 1 atom stereocenters. The van der Waals surface area contributed by atoms with Crippen LogP contribution in [-0.4, -0.2) is 39.9 Å². The lowest BCUT2D eigenvalue weighted by Gasteiger charge is -2.19. The van der Waals surface area contributed by atoms with Gasteiger partial charge in [-0.25, -0.2) is 4.79 Å². The molecule has 1 saturated heterocycles. The number of amides is 1. The number of hydrogen-bond acceptors (Lipinski definition) is 4. The van der Waals surface area contributed by atoms with Crippen LogP contribution in [0.3, 0.4) is 0 Å². The number of aliphatic carboxylic acids is 1. The van der Waals surface area contributed by atoms with Crippen LogP contribution in [-0.2, 0) is 16.1 Å². The number of anilines is 1. The molecule has 0 unspecified atom stereocenters. The Morgan fingerprint density at radius 2 is 2.13 bits per heavy atom. The second-order valence-electron chi connectivity index (χ2n) is 5.40. The third-order valence-electron chi connectivity index (χ3n) is 3.90. The number of carboxylic acids is 1. The quantitative estimate of drug-likeness (QED) is 0.904. The fourth-order valence-corrected chi connectivity index (χ4v) is 2.72. The van der Waals surface area contributed by atoms with Crippen LogP contribution in [0.1, 0.15) is 18.4 Å². The van der Waals surface area contributed by atoms with Gasteiger partial charge in [0.25, 0.3) is 0 Å². The van der Waals surface area contributed by atoms with Gasteiger partial charge in [0.05, 0.1) is 25.5 Å². The molecule has 0 radical (unpaired) electrons. The molecule has 1 N–H and O–H groups in total. The summed E-state index contributed by atoms with van der Waals surface area (Å²) in [6.45, 7) is 0.532. The highest BCUT2D eigenvalue weighted by molar-refractivity contribution is 6.01. The molecule has 2 aromatic rings. The third kappa shape index (κ3) is 3.03. The SMILES string of the molecule is COc1ccc(Cn2cc(N3C(=O)CC[C@@H]3C(=O)O)cn2)cc1. The lowest BCUT2D eigenvalue weighted by molar-refractivity contribution is -0.138. The van der Waals surface area contributed by atoms with E-state index >= 15 is 0 Å². The van der Waals surface area contributed by atoms with Crippen LogP contribution in [0.15, 0.2) is 36.7 Å². The molecule has 1 aliphatic rings. The molecule has 0 aliphatic carbocycles. The average Bonchev–Trinajstić information content (AvgIpc) is 3.14. The predicted molar refractivity (Wildman–Crippen MR) is 82.5 cm³/mol. The molecule has 1 amide bonds. The number of carbonyl (C=O) groups is 2. The van der Waals surface area contributed by atoms with Gasteiger partial charge in [-0.05, 0) is 24.1 Å². The number of carboxylic acid groups (broad SMARTS) is 1. The number of rotatable bonds is 5. The summed E-state index contributed by atoms with van der Waals surface area (Å²) in [5.74, 6) is -0.387. The Morgan fingerprint density at radius 1 is 1.39 bits per heavy atom. The molecule has 7 heteroatoms. The minimum atomic E-state index is -0.987. The normalized spacial score (nSPS) is 17.5. The van der Waals surface area contributed by atoms with Crippen molar-refractivity contribution in [2.75, 3.05) is 12.0 Å². The number of carbonyl (C=O) groups excluding carboxylic acids is 1. The van der Waals surface area contributed by atoms with Gasteiger partial charge >= 0.3 is 5.97 Å². The lowest BCUT2D eigenvalue weighted by atomic mass is 10.2. The maximum absolute atomic E-state index is 11.9. The van der Waals surface area contributed by atoms with Crippen LogP contribution >= 0.6 is 0 Å². The van der Waals surface area contributed by atoms with E-state index in [1.807, 2.05) is 24.3 Å². The molecule has 3 rings (SSSR count). The summed E-state index contributed by atoms with van der Waals surface area (Å²) in [6.07, 6.45) is 3.81. The Bertz CT molecular complexity index is 723. The van der Waals surface area contributed by atoms with E-state index in [9.17, 15) is 14.7 Å². The van der Waals surface area contributed by atoms with Crippen LogP contribution in [0.4, 0.5) is 5.69 Å². The first-order chi connectivity index (χ1) is 11.1. The molecule has 7 nitrogen and oxygen atoms in total. The Balaban J connectivity index is 1.77. The van der Waals surface area contributed by atoms with E-state index in [1.54, 1.807) is 18.0 Å². The maximum Gasteiger partial charge on any atom is 0.326 e. The van der Waals surface area contributed by atoms with Gasteiger partial charge in [-0.2, -0.15) is 5.10 Å². The number of methoxy groups -OCH3 is 1. The Morgan fingerprint density at radius 3 is 2.78 bits per heavy atom. The van der Waals surface area contributed by atoms with Crippen molar-refractivity contribution < 1.29 is 19.4 Å². The van der Waals surface area contributed by atoms with Crippen molar-refractivity contribution in [1.82, 2.24) is 9.78 Å².